The second kappa shape index (κ2) is 3.00. The highest BCUT2D eigenvalue weighted by Crippen LogP contribution is 2.15. The van der Waals surface area contributed by atoms with Crippen LogP contribution in [0.2, 0.25) is 0 Å². The Hall–Kier alpha value is -1.90. The average Bonchev–Trinajstić information content (AvgIpc) is 2.34. The lowest BCUT2D eigenvalue weighted by atomic mass is 10.4. The summed E-state index contributed by atoms with van der Waals surface area (Å²) < 4.78 is 1.29. The second-order valence-electron chi connectivity index (χ2n) is 2.19. The highest BCUT2D eigenvalue weighted by atomic mass is 16.6. The van der Waals surface area contributed by atoms with E-state index in [9.17, 15) is 10.1 Å². The third-order valence-electron chi connectivity index (χ3n) is 1.49. The fraction of sp³-hybridized carbons (Fsp3) is 0.333. The van der Waals surface area contributed by atoms with Crippen LogP contribution in [0, 0.1) is 28.4 Å². The number of nitriles is 1. The highest BCUT2D eigenvalue weighted by molar-refractivity contribution is 5.31. The van der Waals surface area contributed by atoms with Crippen molar-refractivity contribution < 1.29 is 4.92 Å². The van der Waals surface area contributed by atoms with Gasteiger partial charge in [0.2, 0.25) is 0 Å². The predicted octanol–water partition coefficient (Wildman–Crippen LogP) is 0.623. The van der Waals surface area contributed by atoms with Gasteiger partial charge >= 0.3 is 5.69 Å². The van der Waals surface area contributed by atoms with Crippen LogP contribution in [-0.4, -0.2) is 14.7 Å². The third-order valence-corrected chi connectivity index (χ3v) is 1.49. The Morgan fingerprint density at radius 2 is 2.58 bits per heavy atom. The summed E-state index contributed by atoms with van der Waals surface area (Å²) in [7, 11) is 0. The third kappa shape index (κ3) is 1.25. The summed E-state index contributed by atoms with van der Waals surface area (Å²) in [4.78, 5) is 9.79. The van der Waals surface area contributed by atoms with Crippen LogP contribution in [-0.2, 0) is 6.54 Å². The molecule has 1 aromatic rings. The van der Waals surface area contributed by atoms with Crippen LogP contribution >= 0.6 is 0 Å². The molecule has 0 N–H and O–H groups in total. The lowest BCUT2D eigenvalue weighted by Gasteiger charge is -1.93. The van der Waals surface area contributed by atoms with Gasteiger partial charge in [0.25, 0.3) is 0 Å². The zero-order valence-electron chi connectivity index (χ0n) is 6.39. The van der Waals surface area contributed by atoms with Crippen LogP contribution in [0.25, 0.3) is 0 Å². The van der Waals surface area contributed by atoms with Gasteiger partial charge in [-0.25, -0.2) is 4.68 Å². The van der Waals surface area contributed by atoms with E-state index in [1.807, 2.05) is 6.07 Å². The van der Waals surface area contributed by atoms with Gasteiger partial charge in [0.1, 0.15) is 18.4 Å². The van der Waals surface area contributed by atoms with E-state index in [-0.39, 0.29) is 12.2 Å². The molecule has 0 aliphatic carbocycles. The SMILES string of the molecule is Cc1c([N+](=O)[O-])cnn1CC#N. The summed E-state index contributed by atoms with van der Waals surface area (Å²) >= 11 is 0. The maximum atomic E-state index is 10.3. The van der Waals surface area contributed by atoms with E-state index in [1.165, 1.54) is 4.68 Å². The molecule has 0 saturated carbocycles. The number of hydrogen-bond donors (Lipinski definition) is 0. The Balaban J connectivity index is 3.06. The molecule has 0 bridgehead atoms. The molecule has 6 heteroatoms. The zero-order valence-corrected chi connectivity index (χ0v) is 6.39. The summed E-state index contributed by atoms with van der Waals surface area (Å²) in [5, 5.41) is 22.3. The first-order valence-corrected chi connectivity index (χ1v) is 3.20. The fourth-order valence-electron chi connectivity index (χ4n) is 0.842. The average molecular weight is 166 g/mol. The topological polar surface area (TPSA) is 84.8 Å². The molecule has 0 spiro atoms. The monoisotopic (exact) mass is 166 g/mol. The molecule has 0 aromatic carbocycles. The van der Waals surface area contributed by atoms with Gasteiger partial charge in [-0.15, -0.1) is 0 Å². The molecule has 0 radical (unpaired) electrons. The Kier molecular flexibility index (Phi) is 2.05. The van der Waals surface area contributed by atoms with E-state index in [0.29, 0.717) is 5.69 Å². The summed E-state index contributed by atoms with van der Waals surface area (Å²) in [6.45, 7) is 1.60. The van der Waals surface area contributed by atoms with Crippen molar-refractivity contribution in [1.82, 2.24) is 9.78 Å². The van der Waals surface area contributed by atoms with Gasteiger partial charge in [-0.2, -0.15) is 10.4 Å². The van der Waals surface area contributed by atoms with Crippen LogP contribution in [0.3, 0.4) is 0 Å². The molecule has 6 nitrogen and oxygen atoms in total. The maximum absolute atomic E-state index is 10.3. The molecule has 62 valence electrons. The predicted molar refractivity (Wildman–Crippen MR) is 39.2 cm³/mol. The summed E-state index contributed by atoms with van der Waals surface area (Å²) in [6.07, 6.45) is 1.15. The van der Waals surface area contributed by atoms with Crippen molar-refractivity contribution in [2.75, 3.05) is 0 Å². The van der Waals surface area contributed by atoms with Crippen molar-refractivity contribution in [1.29, 1.82) is 5.26 Å². The van der Waals surface area contributed by atoms with Crippen LogP contribution in [0.15, 0.2) is 6.20 Å². The summed E-state index contributed by atoms with van der Waals surface area (Å²) in [6, 6.07) is 1.85. The minimum atomic E-state index is -0.518. The van der Waals surface area contributed by atoms with Crippen molar-refractivity contribution in [2.24, 2.45) is 0 Å². The molecule has 0 aliphatic heterocycles. The number of aromatic nitrogens is 2. The zero-order chi connectivity index (χ0) is 9.14. The molecule has 1 rings (SSSR count). The first-order chi connectivity index (χ1) is 5.66. The molecule has 0 unspecified atom stereocenters. The van der Waals surface area contributed by atoms with Crippen molar-refractivity contribution in [3.05, 3.63) is 22.0 Å². The molecule has 12 heavy (non-hydrogen) atoms. The molecule has 0 fully saturated rings. The standard InChI is InChI=1S/C6H6N4O2/c1-5-6(10(11)12)4-8-9(5)3-2-7/h4H,3H2,1H3. The minimum Gasteiger partial charge on any atom is -0.258 e. The Morgan fingerprint density at radius 1 is 1.92 bits per heavy atom. The number of nitrogens with zero attached hydrogens (tertiary/aromatic N) is 4. The quantitative estimate of drug-likeness (QED) is 0.476. The van der Waals surface area contributed by atoms with Crippen LogP contribution in [0.5, 0.6) is 0 Å². The summed E-state index contributed by atoms with van der Waals surface area (Å²) in [5.41, 5.74) is 0.354. The summed E-state index contributed by atoms with van der Waals surface area (Å²) in [5.74, 6) is 0. The second-order valence-corrected chi connectivity index (χ2v) is 2.19. The molecule has 0 saturated heterocycles. The van der Waals surface area contributed by atoms with Crippen molar-refractivity contribution >= 4 is 5.69 Å². The van der Waals surface area contributed by atoms with Gasteiger partial charge < -0.3 is 0 Å². The normalized spacial score (nSPS) is 9.33. The molecule has 1 aromatic heterocycles. The first-order valence-electron chi connectivity index (χ1n) is 3.20. The van der Waals surface area contributed by atoms with E-state index in [1.54, 1.807) is 6.92 Å². The Morgan fingerprint density at radius 3 is 3.00 bits per heavy atom. The largest absolute Gasteiger partial charge is 0.309 e. The Bertz CT molecular complexity index is 349. The van der Waals surface area contributed by atoms with E-state index < -0.39 is 4.92 Å². The lowest BCUT2D eigenvalue weighted by Crippen LogP contribution is -2.00. The lowest BCUT2D eigenvalue weighted by molar-refractivity contribution is -0.385. The Labute approximate surface area is 68.2 Å². The van der Waals surface area contributed by atoms with E-state index in [2.05, 4.69) is 5.10 Å². The van der Waals surface area contributed by atoms with Crippen LogP contribution < -0.4 is 0 Å². The minimum absolute atomic E-state index is 0.0413. The van der Waals surface area contributed by atoms with Gasteiger partial charge in [0.05, 0.1) is 11.0 Å². The molecular weight excluding hydrogens is 160 g/mol. The van der Waals surface area contributed by atoms with Crippen molar-refractivity contribution in [2.45, 2.75) is 13.5 Å². The van der Waals surface area contributed by atoms with Crippen LogP contribution in [0.1, 0.15) is 5.69 Å². The fourth-order valence-corrected chi connectivity index (χ4v) is 0.842. The van der Waals surface area contributed by atoms with E-state index in [4.69, 9.17) is 5.26 Å². The molecule has 1 heterocycles. The molecule has 0 aliphatic rings. The van der Waals surface area contributed by atoms with Gasteiger partial charge in [0.15, 0.2) is 0 Å². The van der Waals surface area contributed by atoms with Gasteiger partial charge in [-0.05, 0) is 6.92 Å². The van der Waals surface area contributed by atoms with Crippen molar-refractivity contribution in [3.63, 3.8) is 0 Å². The first kappa shape index (κ1) is 8.20. The van der Waals surface area contributed by atoms with E-state index >= 15 is 0 Å². The number of hydrogen-bond acceptors (Lipinski definition) is 4. The number of rotatable bonds is 2. The smallest absolute Gasteiger partial charge is 0.258 e. The van der Waals surface area contributed by atoms with Gasteiger partial charge in [0, 0.05) is 0 Å². The van der Waals surface area contributed by atoms with Crippen LogP contribution in [0.4, 0.5) is 5.69 Å². The van der Waals surface area contributed by atoms with Gasteiger partial charge in [-0.1, -0.05) is 0 Å². The van der Waals surface area contributed by atoms with Crippen molar-refractivity contribution in [3.8, 4) is 6.07 Å². The maximum Gasteiger partial charge on any atom is 0.309 e. The molecular formula is C6H6N4O2. The van der Waals surface area contributed by atoms with Gasteiger partial charge in [-0.3, -0.25) is 10.1 Å². The van der Waals surface area contributed by atoms with E-state index in [0.717, 1.165) is 6.20 Å². The number of nitro groups is 1. The molecule has 0 amide bonds. The highest BCUT2D eigenvalue weighted by Gasteiger charge is 2.15. The molecule has 0 atom stereocenters.